The van der Waals surface area contributed by atoms with Crippen LogP contribution in [0, 0.1) is 6.92 Å². The van der Waals surface area contributed by atoms with Gasteiger partial charge in [-0.2, -0.15) is 0 Å². The van der Waals surface area contributed by atoms with Gasteiger partial charge in [0.05, 0.1) is 10.4 Å². The van der Waals surface area contributed by atoms with Crippen molar-refractivity contribution < 1.29 is 8.42 Å². The number of hydrogen-bond donors (Lipinski definition) is 1. The highest BCUT2D eigenvalue weighted by Gasteiger charge is 2.22. The smallest absolute Gasteiger partial charge is 0.274 e. The first-order valence-electron chi connectivity index (χ1n) is 7.95. The average molecular weight is 365 g/mol. The van der Waals surface area contributed by atoms with Crippen molar-refractivity contribution >= 4 is 20.9 Å². The van der Waals surface area contributed by atoms with Crippen LogP contribution < -0.4 is 5.56 Å². The van der Waals surface area contributed by atoms with E-state index in [9.17, 15) is 13.2 Å². The lowest BCUT2D eigenvalue weighted by molar-refractivity contribution is 0.589. The van der Waals surface area contributed by atoms with Crippen molar-refractivity contribution in [2.45, 2.75) is 11.8 Å². The first-order chi connectivity index (χ1) is 12.5. The monoisotopic (exact) mass is 365 g/mol. The molecule has 1 N–H and O–H groups in total. The van der Waals surface area contributed by atoms with Gasteiger partial charge in [0, 0.05) is 29.5 Å². The van der Waals surface area contributed by atoms with Crippen LogP contribution in [-0.2, 0) is 10.0 Å². The van der Waals surface area contributed by atoms with Crippen molar-refractivity contribution in [3.05, 3.63) is 83.0 Å². The quantitative estimate of drug-likeness (QED) is 0.605. The second-order valence-corrected chi connectivity index (χ2v) is 7.76. The van der Waals surface area contributed by atoms with E-state index in [1.165, 1.54) is 22.6 Å². The molecule has 4 rings (SSSR count). The van der Waals surface area contributed by atoms with Gasteiger partial charge in [0.15, 0.2) is 0 Å². The number of nitrogens with one attached hydrogen (secondary N) is 1. The van der Waals surface area contributed by atoms with Crippen molar-refractivity contribution in [3.8, 4) is 11.3 Å². The molecule has 4 aromatic rings. The summed E-state index contributed by atoms with van der Waals surface area (Å²) in [6.07, 6.45) is 4.36. The summed E-state index contributed by atoms with van der Waals surface area (Å²) in [6.45, 7) is 1.90. The summed E-state index contributed by atoms with van der Waals surface area (Å²) in [7, 11) is -3.81. The van der Waals surface area contributed by atoms with Crippen LogP contribution >= 0.6 is 0 Å². The minimum absolute atomic E-state index is 0.182. The summed E-state index contributed by atoms with van der Waals surface area (Å²) in [5.74, 6) is 0. The molecule has 0 atom stereocenters. The molecule has 0 radical (unpaired) electrons. The van der Waals surface area contributed by atoms with E-state index >= 15 is 0 Å². The molecule has 0 saturated carbocycles. The van der Waals surface area contributed by atoms with Crippen molar-refractivity contribution in [2.75, 3.05) is 0 Å². The largest absolute Gasteiger partial charge is 0.326 e. The first kappa shape index (κ1) is 16.3. The van der Waals surface area contributed by atoms with Crippen LogP contribution in [0.2, 0.25) is 0 Å². The minimum Gasteiger partial charge on any atom is -0.326 e. The van der Waals surface area contributed by atoms with Gasteiger partial charge in [-0.15, -0.1) is 0 Å². The highest BCUT2D eigenvalue weighted by Crippen LogP contribution is 2.30. The Morgan fingerprint density at radius 1 is 1.04 bits per heavy atom. The van der Waals surface area contributed by atoms with E-state index in [1.54, 1.807) is 48.5 Å². The second kappa shape index (κ2) is 5.96. The van der Waals surface area contributed by atoms with Gasteiger partial charge in [0.2, 0.25) is 0 Å². The number of hydrogen-bond acceptors (Lipinski definition) is 4. The van der Waals surface area contributed by atoms with E-state index in [2.05, 4.69) is 9.97 Å². The molecule has 0 aliphatic rings. The molecule has 0 aliphatic heterocycles. The lowest BCUT2D eigenvalue weighted by Crippen LogP contribution is -2.12. The number of rotatable bonds is 3. The third-order valence-corrected chi connectivity index (χ3v) is 5.91. The Bertz CT molecular complexity index is 1270. The van der Waals surface area contributed by atoms with Crippen LogP contribution in [0.5, 0.6) is 0 Å². The molecule has 2 aromatic heterocycles. The van der Waals surface area contributed by atoms with E-state index in [-0.39, 0.29) is 16.1 Å². The average Bonchev–Trinajstić information content (AvgIpc) is 3.03. The van der Waals surface area contributed by atoms with Crippen LogP contribution in [0.3, 0.4) is 0 Å². The van der Waals surface area contributed by atoms with Crippen LogP contribution in [0.25, 0.3) is 22.2 Å². The fourth-order valence-corrected chi connectivity index (χ4v) is 4.27. The van der Waals surface area contributed by atoms with Gasteiger partial charge < -0.3 is 4.98 Å². The van der Waals surface area contributed by atoms with E-state index in [1.807, 2.05) is 6.92 Å². The summed E-state index contributed by atoms with van der Waals surface area (Å²) in [5, 5.41) is 0.646. The van der Waals surface area contributed by atoms with Crippen LogP contribution in [0.15, 0.2) is 76.8 Å². The van der Waals surface area contributed by atoms with Gasteiger partial charge >= 0.3 is 0 Å². The normalized spacial score (nSPS) is 11.7. The summed E-state index contributed by atoms with van der Waals surface area (Å²) >= 11 is 0. The summed E-state index contributed by atoms with van der Waals surface area (Å²) in [4.78, 5) is 19.0. The molecule has 6 nitrogen and oxygen atoms in total. The Balaban J connectivity index is 2.02. The van der Waals surface area contributed by atoms with E-state index in [4.69, 9.17) is 0 Å². The Labute approximate surface area is 149 Å². The van der Waals surface area contributed by atoms with Crippen molar-refractivity contribution in [2.24, 2.45) is 0 Å². The summed E-state index contributed by atoms with van der Waals surface area (Å²) in [6, 6.07) is 13.7. The van der Waals surface area contributed by atoms with Crippen molar-refractivity contribution in [3.63, 3.8) is 0 Å². The van der Waals surface area contributed by atoms with Gasteiger partial charge in [-0.05, 0) is 25.1 Å². The molecule has 0 aliphatic carbocycles. The molecule has 0 spiro atoms. The Hall–Kier alpha value is -3.19. The van der Waals surface area contributed by atoms with Gasteiger partial charge in [-0.3, -0.25) is 4.79 Å². The van der Waals surface area contributed by atoms with E-state index in [0.717, 1.165) is 5.56 Å². The molecule has 0 saturated heterocycles. The van der Waals surface area contributed by atoms with E-state index in [0.29, 0.717) is 16.5 Å². The highest BCUT2D eigenvalue weighted by atomic mass is 32.2. The van der Waals surface area contributed by atoms with Gasteiger partial charge in [-0.25, -0.2) is 17.4 Å². The maximum atomic E-state index is 13.1. The number of aromatic amines is 1. The lowest BCUT2D eigenvalue weighted by atomic mass is 10.1. The van der Waals surface area contributed by atoms with Gasteiger partial charge in [0.1, 0.15) is 5.69 Å². The zero-order chi connectivity index (χ0) is 18.3. The third-order valence-electron chi connectivity index (χ3n) is 4.22. The molecule has 2 aromatic carbocycles. The molecule has 0 fully saturated rings. The number of aromatic nitrogens is 3. The predicted molar refractivity (Wildman–Crippen MR) is 99.6 cm³/mol. The number of aryl methyl sites for hydroxylation is 1. The Morgan fingerprint density at radius 2 is 1.77 bits per heavy atom. The van der Waals surface area contributed by atoms with Crippen LogP contribution in [-0.4, -0.2) is 22.4 Å². The predicted octanol–water partition coefficient (Wildman–Crippen LogP) is 2.94. The third kappa shape index (κ3) is 2.53. The maximum absolute atomic E-state index is 13.1. The van der Waals surface area contributed by atoms with Crippen LogP contribution in [0.4, 0.5) is 0 Å². The molecular weight excluding hydrogens is 350 g/mol. The molecule has 26 heavy (non-hydrogen) atoms. The fraction of sp³-hybridized carbons (Fsp3) is 0.0526. The number of H-pyrrole nitrogens is 1. The second-order valence-electron chi connectivity index (χ2n) is 5.94. The fourth-order valence-electron chi connectivity index (χ4n) is 2.90. The first-order valence-corrected chi connectivity index (χ1v) is 9.39. The molecule has 0 bridgehead atoms. The molecule has 0 unspecified atom stereocenters. The number of nitrogens with zero attached hydrogens (tertiary/aromatic N) is 2. The highest BCUT2D eigenvalue weighted by molar-refractivity contribution is 7.90. The number of fused-ring (bicyclic) bond motifs is 1. The lowest BCUT2D eigenvalue weighted by Gasteiger charge is -2.07. The number of para-hydroxylation sites is 1. The van der Waals surface area contributed by atoms with Gasteiger partial charge in [0.25, 0.3) is 15.6 Å². The van der Waals surface area contributed by atoms with Gasteiger partial charge in [-0.1, -0.05) is 35.9 Å². The molecule has 0 amide bonds. The SMILES string of the molecule is Cc1ccc(S(=O)(=O)n2cc(-c3ncc[nH]c3=O)c3ccccc32)cc1. The summed E-state index contributed by atoms with van der Waals surface area (Å²) < 4.78 is 27.5. The van der Waals surface area contributed by atoms with Crippen LogP contribution in [0.1, 0.15) is 5.56 Å². The number of benzene rings is 2. The molecule has 130 valence electrons. The Kier molecular flexibility index (Phi) is 3.73. The molecular formula is C19H15N3O3S. The zero-order valence-corrected chi connectivity index (χ0v) is 14.7. The minimum atomic E-state index is -3.81. The Morgan fingerprint density at radius 3 is 2.50 bits per heavy atom. The van der Waals surface area contributed by atoms with E-state index < -0.39 is 10.0 Å². The topological polar surface area (TPSA) is 84.8 Å². The standard InChI is InChI=1S/C19H15N3O3S/c1-13-6-8-14(9-7-13)26(24,25)22-12-16(15-4-2-3-5-17(15)22)18-19(23)21-11-10-20-18/h2-12H,1H3,(H,21,23). The zero-order valence-electron chi connectivity index (χ0n) is 13.9. The molecule has 2 heterocycles. The molecule has 7 heteroatoms. The van der Waals surface area contributed by atoms with Crippen molar-refractivity contribution in [1.82, 2.24) is 13.9 Å². The summed E-state index contributed by atoms with van der Waals surface area (Å²) in [5.41, 5.74) is 1.75. The van der Waals surface area contributed by atoms with Crippen molar-refractivity contribution in [1.29, 1.82) is 0 Å². The maximum Gasteiger partial charge on any atom is 0.274 e.